The van der Waals surface area contributed by atoms with Gasteiger partial charge in [-0.05, 0) is 19.1 Å². The molecule has 2 heterocycles. The van der Waals surface area contributed by atoms with Gasteiger partial charge < -0.3 is 9.42 Å². The third kappa shape index (κ3) is 2.91. The topological polar surface area (TPSA) is 58.4 Å². The van der Waals surface area contributed by atoms with Crippen LogP contribution in [0.5, 0.6) is 0 Å². The number of amides is 2. The highest BCUT2D eigenvalue weighted by atomic mass is 32.2. The quantitative estimate of drug-likeness (QED) is 0.816. The van der Waals surface area contributed by atoms with Crippen LogP contribution in [0.2, 0.25) is 0 Å². The van der Waals surface area contributed by atoms with Crippen LogP contribution < -0.4 is 5.32 Å². The summed E-state index contributed by atoms with van der Waals surface area (Å²) in [4.78, 5) is 13.7. The molecule has 0 bridgehead atoms. The molecule has 0 saturated carbocycles. The fourth-order valence-corrected chi connectivity index (χ4v) is 2.44. The maximum absolute atomic E-state index is 11.8. The lowest BCUT2D eigenvalue weighted by molar-refractivity contribution is 0.215. The molecule has 0 atom stereocenters. The van der Waals surface area contributed by atoms with Crippen molar-refractivity contribution in [1.29, 1.82) is 0 Å². The normalized spacial score (nSPS) is 16.9. The Hall–Kier alpha value is -1.17. The van der Waals surface area contributed by atoms with Crippen LogP contribution in [0.1, 0.15) is 12.1 Å². The van der Waals surface area contributed by atoms with E-state index >= 15 is 0 Å². The fraction of sp³-hybridized carbons (Fsp3) is 0.600. The summed E-state index contributed by atoms with van der Waals surface area (Å²) in [5.41, 5.74) is 0.765. The van der Waals surface area contributed by atoms with Crippen molar-refractivity contribution < 1.29 is 9.32 Å². The molecule has 1 aliphatic heterocycles. The second-order valence-corrected chi connectivity index (χ2v) is 4.94. The van der Waals surface area contributed by atoms with Gasteiger partial charge >= 0.3 is 6.03 Å². The lowest BCUT2D eigenvalue weighted by Gasteiger charge is -2.19. The largest absolute Gasteiger partial charge is 0.338 e. The summed E-state index contributed by atoms with van der Waals surface area (Å²) >= 11 is 1.89. The van der Waals surface area contributed by atoms with Gasteiger partial charge in [0.2, 0.25) is 5.88 Å². The van der Waals surface area contributed by atoms with E-state index in [0.29, 0.717) is 5.88 Å². The van der Waals surface area contributed by atoms with Gasteiger partial charge in [-0.2, -0.15) is 11.8 Å². The Kier molecular flexibility index (Phi) is 3.71. The summed E-state index contributed by atoms with van der Waals surface area (Å²) in [6, 6.07) is 1.61. The van der Waals surface area contributed by atoms with Crippen molar-refractivity contribution in [2.24, 2.45) is 0 Å². The molecule has 6 heteroatoms. The molecular formula is C10H15N3O2S. The maximum atomic E-state index is 11.8. The first-order chi connectivity index (χ1) is 7.75. The lowest BCUT2D eigenvalue weighted by Crippen LogP contribution is -2.36. The van der Waals surface area contributed by atoms with Crippen molar-refractivity contribution >= 4 is 23.7 Å². The number of urea groups is 1. The van der Waals surface area contributed by atoms with Crippen LogP contribution in [0.3, 0.4) is 0 Å². The highest BCUT2D eigenvalue weighted by Gasteiger charge is 2.16. The molecule has 0 radical (unpaired) electrons. The molecule has 16 heavy (non-hydrogen) atoms. The number of rotatable bonds is 1. The van der Waals surface area contributed by atoms with Gasteiger partial charge in [0.05, 0.1) is 5.69 Å². The Labute approximate surface area is 98.5 Å². The summed E-state index contributed by atoms with van der Waals surface area (Å²) in [6.45, 7) is 3.43. The Bertz CT molecular complexity index is 359. The second kappa shape index (κ2) is 5.25. The molecule has 1 fully saturated rings. The molecule has 0 unspecified atom stereocenters. The van der Waals surface area contributed by atoms with Gasteiger partial charge in [0, 0.05) is 24.9 Å². The molecule has 88 valence electrons. The number of carbonyl (C=O) groups excluding carboxylic acids is 1. The second-order valence-electron chi connectivity index (χ2n) is 3.72. The van der Waals surface area contributed by atoms with Gasteiger partial charge in [0.25, 0.3) is 0 Å². The molecule has 1 saturated heterocycles. The first kappa shape index (κ1) is 11.3. The molecule has 1 aromatic heterocycles. The van der Waals surface area contributed by atoms with E-state index in [1.807, 2.05) is 23.6 Å². The van der Waals surface area contributed by atoms with Crippen molar-refractivity contribution in [2.45, 2.75) is 13.3 Å². The maximum Gasteiger partial charge on any atom is 0.324 e. The van der Waals surface area contributed by atoms with Crippen LogP contribution in [0.25, 0.3) is 0 Å². The van der Waals surface area contributed by atoms with Crippen LogP contribution >= 0.6 is 11.8 Å². The molecule has 5 nitrogen and oxygen atoms in total. The van der Waals surface area contributed by atoms with Crippen molar-refractivity contribution in [2.75, 3.05) is 29.9 Å². The molecule has 0 aliphatic carbocycles. The fourth-order valence-electron chi connectivity index (χ4n) is 1.56. The van der Waals surface area contributed by atoms with E-state index in [1.54, 1.807) is 6.07 Å². The van der Waals surface area contributed by atoms with Crippen LogP contribution in [0.15, 0.2) is 10.6 Å². The SMILES string of the molecule is Cc1cc(NC(=O)N2CCCSCC2)on1. The Morgan fingerprint density at radius 3 is 3.19 bits per heavy atom. The zero-order valence-electron chi connectivity index (χ0n) is 9.23. The van der Waals surface area contributed by atoms with E-state index in [2.05, 4.69) is 10.5 Å². The molecule has 2 amide bonds. The summed E-state index contributed by atoms with van der Waals surface area (Å²) in [7, 11) is 0. The molecule has 2 rings (SSSR count). The Morgan fingerprint density at radius 2 is 2.44 bits per heavy atom. The average molecular weight is 241 g/mol. The predicted octanol–water partition coefficient (Wildman–Crippen LogP) is 1.95. The molecular weight excluding hydrogens is 226 g/mol. The van der Waals surface area contributed by atoms with Gasteiger partial charge in [-0.25, -0.2) is 4.79 Å². The van der Waals surface area contributed by atoms with E-state index < -0.39 is 0 Å². The zero-order chi connectivity index (χ0) is 11.4. The van der Waals surface area contributed by atoms with E-state index in [4.69, 9.17) is 4.52 Å². The number of nitrogens with one attached hydrogen (secondary N) is 1. The van der Waals surface area contributed by atoms with Crippen LogP contribution in [-0.4, -0.2) is 40.7 Å². The van der Waals surface area contributed by atoms with Crippen molar-refractivity contribution in [3.8, 4) is 0 Å². The van der Waals surface area contributed by atoms with Gasteiger partial charge in [0.1, 0.15) is 0 Å². The Balaban J connectivity index is 1.91. The highest BCUT2D eigenvalue weighted by molar-refractivity contribution is 7.99. The zero-order valence-corrected chi connectivity index (χ0v) is 10.0. The van der Waals surface area contributed by atoms with E-state index in [0.717, 1.165) is 36.7 Å². The summed E-state index contributed by atoms with van der Waals surface area (Å²) in [5.74, 6) is 2.55. The number of nitrogens with zero attached hydrogens (tertiary/aromatic N) is 2. The van der Waals surface area contributed by atoms with Gasteiger partial charge in [-0.15, -0.1) is 0 Å². The average Bonchev–Trinajstić information content (AvgIpc) is 2.56. The van der Waals surface area contributed by atoms with E-state index in [9.17, 15) is 4.79 Å². The third-order valence-electron chi connectivity index (χ3n) is 2.37. The molecule has 1 aliphatic rings. The smallest absolute Gasteiger partial charge is 0.324 e. The number of thioether (sulfide) groups is 1. The highest BCUT2D eigenvalue weighted by Crippen LogP contribution is 2.13. The van der Waals surface area contributed by atoms with Crippen molar-refractivity contribution in [3.63, 3.8) is 0 Å². The number of hydrogen-bond donors (Lipinski definition) is 1. The van der Waals surface area contributed by atoms with E-state index in [-0.39, 0.29) is 6.03 Å². The lowest BCUT2D eigenvalue weighted by atomic mass is 10.4. The van der Waals surface area contributed by atoms with Crippen molar-refractivity contribution in [3.05, 3.63) is 11.8 Å². The number of carbonyl (C=O) groups is 1. The molecule has 1 aromatic rings. The minimum atomic E-state index is -0.0985. The number of hydrogen-bond acceptors (Lipinski definition) is 4. The number of aryl methyl sites for hydroxylation is 1. The van der Waals surface area contributed by atoms with E-state index in [1.165, 1.54) is 0 Å². The van der Waals surface area contributed by atoms with Crippen molar-refractivity contribution in [1.82, 2.24) is 10.1 Å². The van der Waals surface area contributed by atoms with Gasteiger partial charge in [-0.1, -0.05) is 5.16 Å². The third-order valence-corrected chi connectivity index (χ3v) is 3.42. The predicted molar refractivity (Wildman–Crippen MR) is 63.8 cm³/mol. The minimum Gasteiger partial charge on any atom is -0.338 e. The van der Waals surface area contributed by atoms with Crippen LogP contribution in [-0.2, 0) is 0 Å². The first-order valence-corrected chi connectivity index (χ1v) is 6.48. The molecule has 0 aromatic carbocycles. The molecule has 0 spiro atoms. The summed E-state index contributed by atoms with van der Waals surface area (Å²) < 4.78 is 4.94. The Morgan fingerprint density at radius 1 is 1.56 bits per heavy atom. The monoisotopic (exact) mass is 241 g/mol. The van der Waals surface area contributed by atoms with Gasteiger partial charge in [0.15, 0.2) is 0 Å². The number of aromatic nitrogens is 1. The first-order valence-electron chi connectivity index (χ1n) is 5.33. The number of anilines is 1. The minimum absolute atomic E-state index is 0.0985. The van der Waals surface area contributed by atoms with Crippen LogP contribution in [0.4, 0.5) is 10.7 Å². The molecule has 1 N–H and O–H groups in total. The van der Waals surface area contributed by atoms with Crippen LogP contribution in [0, 0.1) is 6.92 Å². The van der Waals surface area contributed by atoms with Gasteiger partial charge in [-0.3, -0.25) is 5.32 Å². The standard InChI is InChI=1S/C10H15N3O2S/c1-8-7-9(15-12-8)11-10(14)13-3-2-5-16-6-4-13/h7H,2-6H2,1H3,(H,11,14). The summed E-state index contributed by atoms with van der Waals surface area (Å²) in [5, 5.41) is 6.43. The summed E-state index contributed by atoms with van der Waals surface area (Å²) in [6.07, 6.45) is 1.05.